The molecule has 0 atom stereocenters. The summed E-state index contributed by atoms with van der Waals surface area (Å²) in [6.07, 6.45) is 2.80. The highest BCUT2D eigenvalue weighted by Crippen LogP contribution is 2.27. The van der Waals surface area contributed by atoms with Crippen LogP contribution < -0.4 is 15.6 Å². The van der Waals surface area contributed by atoms with Crippen LogP contribution in [0.1, 0.15) is 30.3 Å². The van der Waals surface area contributed by atoms with Gasteiger partial charge >= 0.3 is 0 Å². The van der Waals surface area contributed by atoms with E-state index in [4.69, 9.17) is 4.74 Å². The van der Waals surface area contributed by atoms with Gasteiger partial charge in [-0.05, 0) is 30.7 Å². The minimum Gasteiger partial charge on any atom is -0.497 e. The Labute approximate surface area is 148 Å². The molecule has 0 saturated carbocycles. The van der Waals surface area contributed by atoms with Crippen molar-refractivity contribution in [1.29, 1.82) is 0 Å². The smallest absolute Gasteiger partial charge is 0.287 e. The number of aromatic nitrogens is 2. The molecule has 0 unspecified atom stereocenters. The second kappa shape index (κ2) is 7.35. The summed E-state index contributed by atoms with van der Waals surface area (Å²) in [7, 11) is 1.61. The summed E-state index contributed by atoms with van der Waals surface area (Å²) in [5.74, 6) is 0.151. The van der Waals surface area contributed by atoms with E-state index in [0.29, 0.717) is 23.5 Å². The highest BCUT2D eigenvalue weighted by atomic mass is 32.1. The molecule has 130 valence electrons. The largest absolute Gasteiger partial charge is 0.497 e. The number of methoxy groups -OCH3 is 1. The van der Waals surface area contributed by atoms with Gasteiger partial charge in [-0.2, -0.15) is 0 Å². The maximum absolute atomic E-state index is 12.4. The highest BCUT2D eigenvalue weighted by Gasteiger charge is 2.17. The van der Waals surface area contributed by atoms with Crippen LogP contribution in [0.3, 0.4) is 0 Å². The summed E-state index contributed by atoms with van der Waals surface area (Å²) in [5, 5.41) is 1.72. The lowest BCUT2D eigenvalue weighted by Crippen LogP contribution is -2.41. The van der Waals surface area contributed by atoms with E-state index in [1.165, 1.54) is 11.3 Å². The van der Waals surface area contributed by atoms with Gasteiger partial charge in [0, 0.05) is 17.4 Å². The Morgan fingerprint density at radius 3 is 2.68 bits per heavy atom. The van der Waals surface area contributed by atoms with Crippen molar-refractivity contribution >= 4 is 28.1 Å². The molecule has 2 amide bonds. The Kier molecular flexibility index (Phi) is 4.99. The van der Waals surface area contributed by atoms with Crippen molar-refractivity contribution in [2.75, 3.05) is 7.11 Å². The third-order valence-corrected chi connectivity index (χ3v) is 4.50. The van der Waals surface area contributed by atoms with Crippen LogP contribution in [0.5, 0.6) is 5.75 Å². The van der Waals surface area contributed by atoms with Gasteiger partial charge in [0.05, 0.1) is 19.0 Å². The first-order chi connectivity index (χ1) is 12.1. The fourth-order valence-corrected chi connectivity index (χ4v) is 3.26. The number of carbonyl (C=O) groups is 2. The van der Waals surface area contributed by atoms with Gasteiger partial charge in [0.15, 0.2) is 4.96 Å². The maximum Gasteiger partial charge on any atom is 0.287 e. The summed E-state index contributed by atoms with van der Waals surface area (Å²) in [5.41, 5.74) is 6.99. The molecule has 8 heteroatoms. The van der Waals surface area contributed by atoms with Crippen molar-refractivity contribution in [1.82, 2.24) is 20.2 Å². The average molecular weight is 358 g/mol. The monoisotopic (exact) mass is 358 g/mol. The average Bonchev–Trinajstić information content (AvgIpc) is 3.22. The third kappa shape index (κ3) is 3.48. The predicted molar refractivity (Wildman–Crippen MR) is 95.6 cm³/mol. The van der Waals surface area contributed by atoms with E-state index in [2.05, 4.69) is 15.8 Å². The van der Waals surface area contributed by atoms with Gasteiger partial charge in [0.2, 0.25) is 5.91 Å². The van der Waals surface area contributed by atoms with Crippen molar-refractivity contribution < 1.29 is 14.3 Å². The summed E-state index contributed by atoms with van der Waals surface area (Å²) >= 11 is 1.36. The number of fused-ring (bicyclic) bond motifs is 1. The number of hydrogen-bond donors (Lipinski definition) is 2. The first-order valence-corrected chi connectivity index (χ1v) is 8.70. The minimum absolute atomic E-state index is 0.219. The molecular weight excluding hydrogens is 340 g/mol. The van der Waals surface area contributed by atoms with Crippen LogP contribution >= 0.6 is 11.3 Å². The van der Waals surface area contributed by atoms with Gasteiger partial charge in [0.1, 0.15) is 11.4 Å². The minimum atomic E-state index is -0.386. The SMILES string of the molecule is CCCC(=O)NNC(=O)c1csc2ncc(-c3ccc(OC)cc3)n12. The van der Waals surface area contributed by atoms with E-state index in [1.807, 2.05) is 31.2 Å². The normalized spacial score (nSPS) is 10.6. The number of hydrogen-bond acceptors (Lipinski definition) is 5. The molecule has 0 radical (unpaired) electrons. The molecule has 3 aromatic rings. The van der Waals surface area contributed by atoms with Gasteiger partial charge < -0.3 is 4.74 Å². The zero-order chi connectivity index (χ0) is 17.8. The molecule has 25 heavy (non-hydrogen) atoms. The highest BCUT2D eigenvalue weighted by molar-refractivity contribution is 7.15. The molecule has 0 fully saturated rings. The summed E-state index contributed by atoms with van der Waals surface area (Å²) < 4.78 is 6.94. The fraction of sp³-hybridized carbons (Fsp3) is 0.235. The number of thiazole rings is 1. The number of hydrazine groups is 1. The zero-order valence-corrected chi connectivity index (χ0v) is 14.7. The van der Waals surface area contributed by atoms with Crippen LogP contribution in [0, 0.1) is 0 Å². The first-order valence-electron chi connectivity index (χ1n) is 7.82. The Bertz CT molecular complexity index is 898. The Morgan fingerprint density at radius 1 is 1.24 bits per heavy atom. The maximum atomic E-state index is 12.4. The molecule has 0 aliphatic carbocycles. The molecule has 0 aliphatic heterocycles. The molecule has 1 aromatic carbocycles. The molecule has 2 heterocycles. The fourth-order valence-electron chi connectivity index (χ4n) is 2.41. The molecule has 0 aliphatic rings. The van der Waals surface area contributed by atoms with Crippen LogP contribution in [-0.2, 0) is 4.79 Å². The number of nitrogens with zero attached hydrogens (tertiary/aromatic N) is 2. The van der Waals surface area contributed by atoms with E-state index >= 15 is 0 Å². The molecule has 2 N–H and O–H groups in total. The molecule has 7 nitrogen and oxygen atoms in total. The molecule has 3 rings (SSSR count). The zero-order valence-electron chi connectivity index (χ0n) is 13.9. The lowest BCUT2D eigenvalue weighted by Gasteiger charge is -2.08. The Morgan fingerprint density at radius 2 is 2.00 bits per heavy atom. The molecule has 0 bridgehead atoms. The van der Waals surface area contributed by atoms with Crippen LogP contribution in [0.2, 0.25) is 0 Å². The third-order valence-electron chi connectivity index (χ3n) is 3.66. The van der Waals surface area contributed by atoms with Crippen molar-refractivity contribution in [3.63, 3.8) is 0 Å². The number of carbonyl (C=O) groups excluding carboxylic acids is 2. The topological polar surface area (TPSA) is 84.7 Å². The van der Waals surface area contributed by atoms with E-state index in [0.717, 1.165) is 17.0 Å². The lowest BCUT2D eigenvalue weighted by atomic mass is 10.1. The number of ether oxygens (including phenoxy) is 1. The number of nitrogens with one attached hydrogen (secondary N) is 2. The van der Waals surface area contributed by atoms with Crippen LogP contribution in [-0.4, -0.2) is 28.3 Å². The van der Waals surface area contributed by atoms with Crippen molar-refractivity contribution in [3.8, 4) is 17.0 Å². The van der Waals surface area contributed by atoms with Crippen molar-refractivity contribution in [2.24, 2.45) is 0 Å². The number of rotatable bonds is 5. The van der Waals surface area contributed by atoms with Gasteiger partial charge in [-0.3, -0.25) is 24.8 Å². The quantitative estimate of drug-likeness (QED) is 0.687. The van der Waals surface area contributed by atoms with Crippen LogP contribution in [0.15, 0.2) is 35.8 Å². The van der Waals surface area contributed by atoms with E-state index in [9.17, 15) is 9.59 Å². The Balaban J connectivity index is 1.88. The van der Waals surface area contributed by atoms with Crippen molar-refractivity contribution in [2.45, 2.75) is 19.8 Å². The Hall–Kier alpha value is -2.87. The number of imidazole rings is 1. The molecule has 2 aromatic heterocycles. The summed E-state index contributed by atoms with van der Waals surface area (Å²) in [4.78, 5) is 29.0. The number of amides is 2. The molecule has 0 spiro atoms. The van der Waals surface area contributed by atoms with Crippen LogP contribution in [0.25, 0.3) is 16.2 Å². The molecule has 0 saturated heterocycles. The van der Waals surface area contributed by atoms with Crippen molar-refractivity contribution in [3.05, 3.63) is 41.5 Å². The summed E-state index contributed by atoms with van der Waals surface area (Å²) in [6.45, 7) is 1.90. The number of benzene rings is 1. The predicted octanol–water partition coefficient (Wildman–Crippen LogP) is 2.63. The van der Waals surface area contributed by atoms with Gasteiger partial charge in [-0.25, -0.2) is 4.98 Å². The lowest BCUT2D eigenvalue weighted by molar-refractivity contribution is -0.121. The standard InChI is InChI=1S/C17H18N4O3S/c1-3-4-15(22)19-20-16(23)14-10-25-17-18-9-13(21(14)17)11-5-7-12(24-2)8-6-11/h5-10H,3-4H2,1-2H3,(H,19,22)(H,20,23). The first kappa shape index (κ1) is 17.0. The van der Waals surface area contributed by atoms with E-state index in [1.54, 1.807) is 23.1 Å². The van der Waals surface area contributed by atoms with Gasteiger partial charge in [-0.15, -0.1) is 11.3 Å². The summed E-state index contributed by atoms with van der Waals surface area (Å²) in [6, 6.07) is 7.52. The van der Waals surface area contributed by atoms with E-state index < -0.39 is 0 Å². The second-order valence-corrected chi connectivity index (χ2v) is 6.20. The van der Waals surface area contributed by atoms with E-state index in [-0.39, 0.29) is 11.8 Å². The van der Waals surface area contributed by atoms with Crippen LogP contribution in [0.4, 0.5) is 0 Å². The molecular formula is C17H18N4O3S. The van der Waals surface area contributed by atoms with Gasteiger partial charge in [-0.1, -0.05) is 6.92 Å². The van der Waals surface area contributed by atoms with Gasteiger partial charge in [0.25, 0.3) is 5.91 Å². The second-order valence-electron chi connectivity index (χ2n) is 5.36.